The van der Waals surface area contributed by atoms with Crippen molar-refractivity contribution in [2.24, 2.45) is 0 Å². The number of rotatable bonds is 4. The zero-order valence-electron chi connectivity index (χ0n) is 15.8. The molecule has 0 atom stereocenters. The Morgan fingerprint density at radius 2 is 1.90 bits per heavy atom. The maximum absolute atomic E-state index is 12.9. The minimum Gasteiger partial charge on any atom is -0.321 e. The van der Waals surface area contributed by atoms with E-state index in [2.05, 4.69) is 10.4 Å². The fourth-order valence-electron chi connectivity index (χ4n) is 2.72. The first-order valence-electron chi connectivity index (χ1n) is 8.71. The van der Waals surface area contributed by atoms with Crippen LogP contribution in [0.5, 0.6) is 0 Å². The molecule has 3 rings (SSSR count). The first-order chi connectivity index (χ1) is 14.6. The summed E-state index contributed by atoms with van der Waals surface area (Å²) in [7, 11) is 0. The molecule has 1 heterocycles. The molecule has 10 heteroatoms. The lowest BCUT2D eigenvalue weighted by molar-refractivity contribution is -0.137. The quantitative estimate of drug-likeness (QED) is 0.377. The van der Waals surface area contributed by atoms with Gasteiger partial charge in [-0.1, -0.05) is 35.3 Å². The van der Waals surface area contributed by atoms with Crippen molar-refractivity contribution >= 4 is 40.9 Å². The first-order valence-corrected chi connectivity index (χ1v) is 9.47. The van der Waals surface area contributed by atoms with Crippen LogP contribution in [0.3, 0.4) is 0 Å². The van der Waals surface area contributed by atoms with E-state index in [-0.39, 0.29) is 16.4 Å². The van der Waals surface area contributed by atoms with Crippen LogP contribution in [0.15, 0.2) is 54.1 Å². The number of halogens is 5. The van der Waals surface area contributed by atoms with Crippen LogP contribution >= 0.6 is 23.2 Å². The van der Waals surface area contributed by atoms with E-state index in [0.717, 1.165) is 18.2 Å². The highest BCUT2D eigenvalue weighted by Gasteiger charge is 2.30. The largest absolute Gasteiger partial charge is 0.416 e. The highest BCUT2D eigenvalue weighted by molar-refractivity contribution is 6.32. The van der Waals surface area contributed by atoms with Gasteiger partial charge in [-0.15, -0.1) is 0 Å². The van der Waals surface area contributed by atoms with Crippen LogP contribution in [0.25, 0.3) is 11.8 Å². The summed E-state index contributed by atoms with van der Waals surface area (Å²) < 4.78 is 40.0. The number of hydrogen-bond donors (Lipinski definition) is 1. The van der Waals surface area contributed by atoms with Crippen molar-refractivity contribution < 1.29 is 18.0 Å². The predicted octanol–water partition coefficient (Wildman–Crippen LogP) is 6.05. The van der Waals surface area contributed by atoms with E-state index in [0.29, 0.717) is 22.0 Å². The third-order valence-electron chi connectivity index (χ3n) is 4.20. The van der Waals surface area contributed by atoms with Gasteiger partial charge in [0.05, 0.1) is 16.9 Å². The Bertz CT molecular complexity index is 1230. The van der Waals surface area contributed by atoms with Gasteiger partial charge < -0.3 is 5.32 Å². The Labute approximate surface area is 185 Å². The normalized spacial score (nSPS) is 11.8. The molecule has 0 saturated carbocycles. The second kappa shape index (κ2) is 8.84. The second-order valence-electron chi connectivity index (χ2n) is 6.38. The minimum absolute atomic E-state index is 0.0987. The van der Waals surface area contributed by atoms with Crippen molar-refractivity contribution in [2.75, 3.05) is 5.32 Å². The van der Waals surface area contributed by atoms with Gasteiger partial charge in [0, 0.05) is 16.3 Å². The molecule has 0 saturated heterocycles. The third-order valence-corrected chi connectivity index (χ3v) is 4.80. The molecule has 31 heavy (non-hydrogen) atoms. The Balaban J connectivity index is 1.92. The summed E-state index contributed by atoms with van der Waals surface area (Å²) in [5.74, 6) is -0.882. The Kier molecular flexibility index (Phi) is 6.39. The SMILES string of the molecule is Cc1nn(-c2cccc(Cl)c2)c(Cl)c1C=C(C#N)C(=O)Nc1cccc(C(F)(F)F)c1. The molecule has 0 aliphatic heterocycles. The van der Waals surface area contributed by atoms with E-state index < -0.39 is 17.6 Å². The smallest absolute Gasteiger partial charge is 0.321 e. The highest BCUT2D eigenvalue weighted by Crippen LogP contribution is 2.31. The Morgan fingerprint density at radius 1 is 1.19 bits per heavy atom. The number of aryl methyl sites for hydroxylation is 1. The lowest BCUT2D eigenvalue weighted by atomic mass is 10.1. The summed E-state index contributed by atoms with van der Waals surface area (Å²) in [4.78, 5) is 12.5. The van der Waals surface area contributed by atoms with Crippen molar-refractivity contribution in [2.45, 2.75) is 13.1 Å². The molecule has 158 valence electrons. The lowest BCUT2D eigenvalue weighted by Crippen LogP contribution is -2.14. The van der Waals surface area contributed by atoms with Gasteiger partial charge in [-0.2, -0.15) is 23.5 Å². The summed E-state index contributed by atoms with van der Waals surface area (Å²) in [6, 6.07) is 12.6. The van der Waals surface area contributed by atoms with E-state index in [9.17, 15) is 23.2 Å². The molecule has 0 bridgehead atoms. The van der Waals surface area contributed by atoms with Crippen LogP contribution < -0.4 is 5.32 Å². The number of nitrogens with zero attached hydrogens (tertiary/aromatic N) is 3. The van der Waals surface area contributed by atoms with Gasteiger partial charge in [0.2, 0.25) is 0 Å². The van der Waals surface area contributed by atoms with Crippen LogP contribution in [-0.4, -0.2) is 15.7 Å². The maximum Gasteiger partial charge on any atom is 0.416 e. The van der Waals surface area contributed by atoms with E-state index >= 15 is 0 Å². The predicted molar refractivity (Wildman–Crippen MR) is 112 cm³/mol. The lowest BCUT2D eigenvalue weighted by Gasteiger charge is -2.09. The topological polar surface area (TPSA) is 70.7 Å². The molecular weight excluding hydrogens is 452 g/mol. The van der Waals surface area contributed by atoms with Gasteiger partial charge in [0.15, 0.2) is 0 Å². The van der Waals surface area contributed by atoms with Crippen LogP contribution in [0.2, 0.25) is 10.2 Å². The molecule has 5 nitrogen and oxygen atoms in total. The molecule has 0 radical (unpaired) electrons. The summed E-state index contributed by atoms with van der Waals surface area (Å²) in [5.41, 5.74) is -0.0462. The van der Waals surface area contributed by atoms with Crippen LogP contribution in [0.4, 0.5) is 18.9 Å². The second-order valence-corrected chi connectivity index (χ2v) is 7.18. The van der Waals surface area contributed by atoms with E-state index in [1.54, 1.807) is 37.3 Å². The van der Waals surface area contributed by atoms with E-state index in [1.807, 2.05) is 0 Å². The Morgan fingerprint density at radius 3 is 2.55 bits per heavy atom. The summed E-state index contributed by atoms with van der Waals surface area (Å²) >= 11 is 12.4. The number of amides is 1. The molecule has 0 unspecified atom stereocenters. The van der Waals surface area contributed by atoms with Gasteiger partial charge in [-0.3, -0.25) is 4.79 Å². The molecule has 1 amide bonds. The van der Waals surface area contributed by atoms with Crippen LogP contribution in [-0.2, 0) is 11.0 Å². The fraction of sp³-hybridized carbons (Fsp3) is 0.0952. The van der Waals surface area contributed by atoms with Gasteiger partial charge in [-0.05, 0) is 49.4 Å². The van der Waals surface area contributed by atoms with Crippen molar-refractivity contribution in [3.05, 3.63) is 81.1 Å². The number of benzene rings is 2. The maximum atomic E-state index is 12.9. The summed E-state index contributed by atoms with van der Waals surface area (Å²) in [6.07, 6.45) is -3.33. The zero-order chi connectivity index (χ0) is 22.8. The zero-order valence-corrected chi connectivity index (χ0v) is 17.3. The molecule has 0 fully saturated rings. The monoisotopic (exact) mass is 464 g/mol. The van der Waals surface area contributed by atoms with Crippen molar-refractivity contribution in [3.63, 3.8) is 0 Å². The average Bonchev–Trinajstić information content (AvgIpc) is 2.99. The molecule has 0 aliphatic rings. The average molecular weight is 465 g/mol. The number of carbonyl (C=O) groups is 1. The summed E-state index contributed by atoms with van der Waals surface area (Å²) in [6.45, 7) is 1.64. The van der Waals surface area contributed by atoms with E-state index in [1.165, 1.54) is 16.8 Å². The first kappa shape index (κ1) is 22.4. The molecular formula is C21H13Cl2F3N4O. The molecule has 3 aromatic rings. The third kappa shape index (κ3) is 5.08. The number of carbonyl (C=O) groups excluding carboxylic acids is 1. The van der Waals surface area contributed by atoms with Crippen molar-refractivity contribution in [1.82, 2.24) is 9.78 Å². The van der Waals surface area contributed by atoms with Gasteiger partial charge in [0.25, 0.3) is 5.91 Å². The standard InChI is InChI=1S/C21H13Cl2F3N4O/c1-12-18(19(23)30(29-12)17-7-3-5-15(22)10-17)8-13(11-27)20(31)28-16-6-2-4-14(9-16)21(24,25)26/h2-10H,1H3,(H,28,31). The molecule has 1 N–H and O–H groups in total. The summed E-state index contributed by atoms with van der Waals surface area (Å²) in [5, 5.41) is 16.6. The number of nitriles is 1. The van der Waals surface area contributed by atoms with Crippen LogP contribution in [0.1, 0.15) is 16.8 Å². The van der Waals surface area contributed by atoms with E-state index in [4.69, 9.17) is 23.2 Å². The number of aromatic nitrogens is 2. The highest BCUT2D eigenvalue weighted by atomic mass is 35.5. The number of alkyl halides is 3. The molecule has 1 aromatic heterocycles. The van der Waals surface area contributed by atoms with Crippen LogP contribution in [0, 0.1) is 18.3 Å². The van der Waals surface area contributed by atoms with Crippen molar-refractivity contribution in [1.29, 1.82) is 5.26 Å². The van der Waals surface area contributed by atoms with Gasteiger partial charge >= 0.3 is 6.18 Å². The number of nitrogens with one attached hydrogen (secondary N) is 1. The molecule has 0 spiro atoms. The van der Waals surface area contributed by atoms with Gasteiger partial charge in [0.1, 0.15) is 16.8 Å². The van der Waals surface area contributed by atoms with Gasteiger partial charge in [-0.25, -0.2) is 4.68 Å². The molecule has 2 aromatic carbocycles. The fourth-order valence-corrected chi connectivity index (χ4v) is 3.23. The number of hydrogen-bond acceptors (Lipinski definition) is 3. The van der Waals surface area contributed by atoms with Crippen molar-refractivity contribution in [3.8, 4) is 11.8 Å². The number of anilines is 1. The minimum atomic E-state index is -4.56. The molecule has 0 aliphatic carbocycles. The Hall–Kier alpha value is -3.28.